The highest BCUT2D eigenvalue weighted by molar-refractivity contribution is 9.10. The lowest BCUT2D eigenvalue weighted by atomic mass is 10.2. The first kappa shape index (κ1) is 13.8. The lowest BCUT2D eigenvalue weighted by molar-refractivity contribution is -0.385. The summed E-state index contributed by atoms with van der Waals surface area (Å²) in [4.78, 5) is 10.4. The molecule has 0 spiro atoms. The number of nitrogens with one attached hydrogen (secondary N) is 1. The minimum Gasteiger partial charge on any atom is -0.469 e. The van der Waals surface area contributed by atoms with Gasteiger partial charge in [0.25, 0.3) is 5.69 Å². The van der Waals surface area contributed by atoms with Gasteiger partial charge < -0.3 is 9.73 Å². The summed E-state index contributed by atoms with van der Waals surface area (Å²) in [6.45, 7) is 1.35. The fourth-order valence-corrected chi connectivity index (χ4v) is 2.10. The highest BCUT2D eigenvalue weighted by atomic mass is 79.9. The predicted molar refractivity (Wildman–Crippen MR) is 74.9 cm³/mol. The number of furan rings is 1. The Labute approximate surface area is 118 Å². The molecule has 2 aromatic rings. The number of nitro benzene ring substituents is 1. The number of halogens is 1. The van der Waals surface area contributed by atoms with Gasteiger partial charge in [0.15, 0.2) is 0 Å². The van der Waals surface area contributed by atoms with Gasteiger partial charge in [-0.25, -0.2) is 0 Å². The van der Waals surface area contributed by atoms with Crippen LogP contribution < -0.4 is 5.32 Å². The third kappa shape index (κ3) is 3.90. The second-order valence-corrected chi connectivity index (χ2v) is 4.90. The maximum Gasteiger partial charge on any atom is 0.283 e. The number of benzene rings is 1. The Hall–Kier alpha value is -1.66. The molecule has 1 heterocycles. The van der Waals surface area contributed by atoms with Crippen LogP contribution in [0.5, 0.6) is 0 Å². The molecule has 0 bridgehead atoms. The monoisotopic (exact) mass is 324 g/mol. The van der Waals surface area contributed by atoms with E-state index in [1.165, 1.54) is 0 Å². The number of nitro groups is 1. The molecule has 1 aromatic heterocycles. The molecule has 0 atom stereocenters. The molecule has 0 radical (unpaired) electrons. The summed E-state index contributed by atoms with van der Waals surface area (Å²) < 4.78 is 5.71. The van der Waals surface area contributed by atoms with Crippen molar-refractivity contribution >= 4 is 21.6 Å². The Morgan fingerprint density at radius 2 is 2.21 bits per heavy atom. The van der Waals surface area contributed by atoms with E-state index >= 15 is 0 Å². The van der Waals surface area contributed by atoms with Crippen LogP contribution in [0.25, 0.3) is 0 Å². The summed E-state index contributed by atoms with van der Waals surface area (Å²) >= 11 is 3.16. The third-order valence-corrected chi connectivity index (χ3v) is 3.34. The Kier molecular flexibility index (Phi) is 4.70. The summed E-state index contributed by atoms with van der Waals surface area (Å²) in [6, 6.07) is 8.90. The first-order chi connectivity index (χ1) is 9.16. The molecule has 0 aliphatic carbocycles. The highest BCUT2D eigenvalue weighted by Crippen LogP contribution is 2.25. The second-order valence-electron chi connectivity index (χ2n) is 4.05. The Bertz CT molecular complexity index is 555. The molecule has 100 valence electrons. The summed E-state index contributed by atoms with van der Waals surface area (Å²) in [5.41, 5.74) is 0.972. The van der Waals surface area contributed by atoms with E-state index in [2.05, 4.69) is 21.2 Å². The SMILES string of the molecule is O=[N+]([O-])c1cc(CNCCc2ccco2)ccc1Br. The van der Waals surface area contributed by atoms with Gasteiger partial charge in [-0.15, -0.1) is 0 Å². The predicted octanol–water partition coefficient (Wildman–Crippen LogP) is 3.28. The molecule has 1 N–H and O–H groups in total. The van der Waals surface area contributed by atoms with E-state index in [0.717, 1.165) is 24.3 Å². The molecule has 2 rings (SSSR count). The zero-order valence-electron chi connectivity index (χ0n) is 10.1. The molecule has 5 nitrogen and oxygen atoms in total. The van der Waals surface area contributed by atoms with Crippen LogP contribution >= 0.6 is 15.9 Å². The molecule has 0 saturated heterocycles. The van der Waals surface area contributed by atoms with E-state index < -0.39 is 4.92 Å². The second kappa shape index (κ2) is 6.49. The minimum atomic E-state index is -0.392. The van der Waals surface area contributed by atoms with Gasteiger partial charge in [0.05, 0.1) is 15.7 Å². The van der Waals surface area contributed by atoms with Crippen molar-refractivity contribution in [3.63, 3.8) is 0 Å². The quantitative estimate of drug-likeness (QED) is 0.503. The van der Waals surface area contributed by atoms with Crippen LogP contribution in [0.15, 0.2) is 45.5 Å². The van der Waals surface area contributed by atoms with Gasteiger partial charge in [0.2, 0.25) is 0 Å². The average Bonchev–Trinajstić information content (AvgIpc) is 2.89. The van der Waals surface area contributed by atoms with Crippen molar-refractivity contribution in [2.75, 3.05) is 6.54 Å². The minimum absolute atomic E-state index is 0.0883. The fourth-order valence-electron chi connectivity index (χ4n) is 1.71. The van der Waals surface area contributed by atoms with Crippen LogP contribution in [-0.2, 0) is 13.0 Å². The van der Waals surface area contributed by atoms with Gasteiger partial charge in [-0.05, 0) is 39.7 Å². The largest absolute Gasteiger partial charge is 0.469 e. The Balaban J connectivity index is 1.86. The number of rotatable bonds is 6. The molecule has 0 unspecified atom stereocenters. The van der Waals surface area contributed by atoms with E-state index in [-0.39, 0.29) is 5.69 Å². The van der Waals surface area contributed by atoms with Gasteiger partial charge in [-0.2, -0.15) is 0 Å². The molecule has 0 fully saturated rings. The van der Waals surface area contributed by atoms with Crippen LogP contribution in [-0.4, -0.2) is 11.5 Å². The molecule has 0 aliphatic rings. The summed E-state index contributed by atoms with van der Waals surface area (Å²) in [5, 5.41) is 14.0. The maximum absolute atomic E-state index is 10.8. The molecule has 0 aliphatic heterocycles. The van der Waals surface area contributed by atoms with Crippen LogP contribution in [0, 0.1) is 10.1 Å². The lowest BCUT2D eigenvalue weighted by Crippen LogP contribution is -2.16. The molecule has 0 saturated carbocycles. The van der Waals surface area contributed by atoms with Crippen molar-refractivity contribution in [1.82, 2.24) is 5.32 Å². The van der Waals surface area contributed by atoms with Gasteiger partial charge >= 0.3 is 0 Å². The molecule has 19 heavy (non-hydrogen) atoms. The third-order valence-electron chi connectivity index (χ3n) is 2.66. The topological polar surface area (TPSA) is 68.3 Å². The van der Waals surface area contributed by atoms with Crippen molar-refractivity contribution in [2.45, 2.75) is 13.0 Å². The Morgan fingerprint density at radius 1 is 1.37 bits per heavy atom. The van der Waals surface area contributed by atoms with E-state index in [9.17, 15) is 10.1 Å². The van der Waals surface area contributed by atoms with Crippen molar-refractivity contribution in [3.05, 3.63) is 62.5 Å². The zero-order chi connectivity index (χ0) is 13.7. The number of hydrogen-bond donors (Lipinski definition) is 1. The van der Waals surface area contributed by atoms with Crippen LogP contribution in [0.3, 0.4) is 0 Å². The molecular weight excluding hydrogens is 312 g/mol. The van der Waals surface area contributed by atoms with Gasteiger partial charge in [-0.3, -0.25) is 10.1 Å². The van der Waals surface area contributed by atoms with Crippen molar-refractivity contribution in [2.24, 2.45) is 0 Å². The van der Waals surface area contributed by atoms with Crippen molar-refractivity contribution in [1.29, 1.82) is 0 Å². The number of hydrogen-bond acceptors (Lipinski definition) is 4. The standard InChI is InChI=1S/C13H13BrN2O3/c14-12-4-3-10(8-13(12)16(17)18)9-15-6-5-11-2-1-7-19-11/h1-4,7-8,15H,5-6,9H2. The van der Waals surface area contributed by atoms with Crippen LogP contribution in [0.4, 0.5) is 5.69 Å². The Morgan fingerprint density at radius 3 is 2.89 bits per heavy atom. The highest BCUT2D eigenvalue weighted by Gasteiger charge is 2.11. The summed E-state index contributed by atoms with van der Waals surface area (Å²) in [5.74, 6) is 0.925. The fraction of sp³-hybridized carbons (Fsp3) is 0.231. The average molecular weight is 325 g/mol. The first-order valence-electron chi connectivity index (χ1n) is 5.83. The molecular formula is C13H13BrN2O3. The molecule has 6 heteroatoms. The molecule has 1 aromatic carbocycles. The van der Waals surface area contributed by atoms with E-state index in [1.807, 2.05) is 18.2 Å². The van der Waals surface area contributed by atoms with Crippen molar-refractivity contribution in [3.8, 4) is 0 Å². The van der Waals surface area contributed by atoms with Gasteiger partial charge in [0.1, 0.15) is 5.76 Å². The first-order valence-corrected chi connectivity index (χ1v) is 6.62. The summed E-state index contributed by atoms with van der Waals surface area (Å²) in [7, 11) is 0. The van der Waals surface area contributed by atoms with E-state index in [1.54, 1.807) is 18.4 Å². The lowest BCUT2D eigenvalue weighted by Gasteiger charge is -2.04. The van der Waals surface area contributed by atoms with E-state index in [0.29, 0.717) is 11.0 Å². The smallest absolute Gasteiger partial charge is 0.283 e. The van der Waals surface area contributed by atoms with Gasteiger partial charge in [-0.1, -0.05) is 6.07 Å². The van der Waals surface area contributed by atoms with Crippen LogP contribution in [0.1, 0.15) is 11.3 Å². The van der Waals surface area contributed by atoms with Gasteiger partial charge in [0, 0.05) is 25.6 Å². The number of nitrogens with zero attached hydrogens (tertiary/aromatic N) is 1. The summed E-state index contributed by atoms with van der Waals surface area (Å²) in [6.07, 6.45) is 2.44. The molecule has 0 amide bonds. The zero-order valence-corrected chi connectivity index (χ0v) is 11.7. The van der Waals surface area contributed by atoms with Crippen molar-refractivity contribution < 1.29 is 9.34 Å². The van der Waals surface area contributed by atoms with E-state index in [4.69, 9.17) is 4.42 Å². The maximum atomic E-state index is 10.8. The normalized spacial score (nSPS) is 10.6. The van der Waals surface area contributed by atoms with Crippen LogP contribution in [0.2, 0.25) is 0 Å².